The van der Waals surface area contributed by atoms with E-state index < -0.39 is 18.1 Å². The van der Waals surface area contributed by atoms with Crippen LogP contribution in [0, 0.1) is 0 Å². The van der Waals surface area contributed by atoms with Crippen molar-refractivity contribution in [3.8, 4) is 0 Å². The van der Waals surface area contributed by atoms with Crippen LogP contribution in [-0.2, 0) is 9.53 Å². The molecule has 6 heteroatoms. The molecule has 1 aliphatic rings. The Morgan fingerprint density at radius 3 is 3.11 bits per heavy atom. The molecule has 1 heterocycles. The second-order valence-electron chi connectivity index (χ2n) is 4.59. The molecule has 2 rings (SSSR count). The Bertz CT molecular complexity index is 455. The van der Waals surface area contributed by atoms with Gasteiger partial charge in [0.25, 0.3) is 0 Å². The number of ether oxygens (including phenoxy) is 1. The highest BCUT2D eigenvalue weighted by molar-refractivity contribution is 6.30. The molecule has 1 fully saturated rings. The van der Waals surface area contributed by atoms with Gasteiger partial charge < -0.3 is 15.6 Å². The van der Waals surface area contributed by atoms with Crippen molar-refractivity contribution in [3.05, 3.63) is 34.9 Å². The molecule has 2 atom stereocenters. The molecule has 1 aromatic carbocycles. The zero-order chi connectivity index (χ0) is 13.8. The van der Waals surface area contributed by atoms with Gasteiger partial charge in [-0.25, -0.2) is 0 Å². The van der Waals surface area contributed by atoms with Crippen LogP contribution in [0.2, 0.25) is 5.02 Å². The quantitative estimate of drug-likeness (QED) is 0.847. The van der Waals surface area contributed by atoms with Gasteiger partial charge in [0, 0.05) is 24.7 Å². The Kier molecular flexibility index (Phi) is 4.76. The predicted molar refractivity (Wildman–Crippen MR) is 71.8 cm³/mol. The molecule has 5 nitrogen and oxygen atoms in total. The summed E-state index contributed by atoms with van der Waals surface area (Å²) in [5, 5.41) is 10.8. The SMILES string of the molecule is NC(=O)C1CN(CC(O)c2cccc(Cl)c2)CCO1. The Labute approximate surface area is 116 Å². The van der Waals surface area contributed by atoms with Gasteiger partial charge in [-0.2, -0.15) is 0 Å². The zero-order valence-electron chi connectivity index (χ0n) is 10.5. The summed E-state index contributed by atoms with van der Waals surface area (Å²) in [7, 11) is 0. The van der Waals surface area contributed by atoms with Crippen molar-refractivity contribution in [1.82, 2.24) is 4.90 Å². The van der Waals surface area contributed by atoms with E-state index in [1.54, 1.807) is 18.2 Å². The number of rotatable bonds is 4. The number of aliphatic hydroxyl groups excluding tert-OH is 1. The van der Waals surface area contributed by atoms with Crippen molar-refractivity contribution in [2.45, 2.75) is 12.2 Å². The van der Waals surface area contributed by atoms with Gasteiger partial charge in [-0.3, -0.25) is 9.69 Å². The molecule has 1 aliphatic heterocycles. The summed E-state index contributed by atoms with van der Waals surface area (Å²) in [6, 6.07) is 7.11. The first-order valence-electron chi connectivity index (χ1n) is 6.13. The number of carbonyl (C=O) groups is 1. The fourth-order valence-corrected chi connectivity index (χ4v) is 2.30. The minimum atomic E-state index is -0.648. The number of hydrogen-bond donors (Lipinski definition) is 2. The molecule has 0 radical (unpaired) electrons. The number of primary amides is 1. The smallest absolute Gasteiger partial charge is 0.247 e. The maximum atomic E-state index is 11.1. The van der Waals surface area contributed by atoms with Crippen molar-refractivity contribution in [2.24, 2.45) is 5.73 Å². The lowest BCUT2D eigenvalue weighted by atomic mass is 10.1. The molecule has 0 bridgehead atoms. The summed E-state index contributed by atoms with van der Waals surface area (Å²) in [5.74, 6) is -0.470. The van der Waals surface area contributed by atoms with E-state index in [9.17, 15) is 9.90 Å². The number of β-amino-alcohol motifs (C(OH)–C–C–N with tert-alkyl or cyclic N) is 1. The standard InChI is InChI=1S/C13H17ClN2O3/c14-10-3-1-2-9(6-10)11(17)7-16-4-5-19-12(8-16)13(15)18/h1-3,6,11-12,17H,4-5,7-8H2,(H2,15,18). The third-order valence-corrected chi connectivity index (χ3v) is 3.37. The van der Waals surface area contributed by atoms with Gasteiger partial charge in [0.2, 0.25) is 5.91 Å². The Hall–Kier alpha value is -1.14. The lowest BCUT2D eigenvalue weighted by Crippen LogP contribution is -2.49. The molecular weight excluding hydrogens is 268 g/mol. The highest BCUT2D eigenvalue weighted by atomic mass is 35.5. The minimum Gasteiger partial charge on any atom is -0.387 e. The fraction of sp³-hybridized carbons (Fsp3) is 0.462. The van der Waals surface area contributed by atoms with Gasteiger partial charge >= 0.3 is 0 Å². The molecule has 1 amide bonds. The Morgan fingerprint density at radius 1 is 1.63 bits per heavy atom. The van der Waals surface area contributed by atoms with Gasteiger partial charge in [0.1, 0.15) is 6.10 Å². The summed E-state index contributed by atoms with van der Waals surface area (Å²) >= 11 is 5.89. The van der Waals surface area contributed by atoms with E-state index in [1.807, 2.05) is 11.0 Å². The molecule has 0 aliphatic carbocycles. The van der Waals surface area contributed by atoms with E-state index in [2.05, 4.69) is 0 Å². The monoisotopic (exact) mass is 284 g/mol. The second kappa shape index (κ2) is 6.34. The van der Waals surface area contributed by atoms with Crippen molar-refractivity contribution in [3.63, 3.8) is 0 Å². The van der Waals surface area contributed by atoms with Crippen LogP contribution in [-0.4, -0.2) is 48.3 Å². The van der Waals surface area contributed by atoms with Crippen LogP contribution in [0.4, 0.5) is 0 Å². The van der Waals surface area contributed by atoms with Crippen molar-refractivity contribution < 1.29 is 14.6 Å². The maximum absolute atomic E-state index is 11.1. The van der Waals surface area contributed by atoms with Gasteiger partial charge in [0.15, 0.2) is 0 Å². The number of aliphatic hydroxyl groups is 1. The van der Waals surface area contributed by atoms with Gasteiger partial charge in [-0.15, -0.1) is 0 Å². The van der Waals surface area contributed by atoms with Crippen LogP contribution in [0.3, 0.4) is 0 Å². The van der Waals surface area contributed by atoms with Crippen molar-refractivity contribution in [1.29, 1.82) is 0 Å². The highest BCUT2D eigenvalue weighted by Crippen LogP contribution is 2.19. The average molecular weight is 285 g/mol. The first kappa shape index (κ1) is 14.3. The second-order valence-corrected chi connectivity index (χ2v) is 5.03. The largest absolute Gasteiger partial charge is 0.387 e. The number of nitrogens with two attached hydrogens (primary N) is 1. The lowest BCUT2D eigenvalue weighted by molar-refractivity contribution is -0.135. The molecule has 1 aromatic rings. The summed E-state index contributed by atoms with van der Waals surface area (Å²) in [4.78, 5) is 13.1. The molecule has 3 N–H and O–H groups in total. The molecule has 1 saturated heterocycles. The van der Waals surface area contributed by atoms with E-state index in [-0.39, 0.29) is 0 Å². The van der Waals surface area contributed by atoms with Crippen molar-refractivity contribution in [2.75, 3.05) is 26.2 Å². The maximum Gasteiger partial charge on any atom is 0.247 e. The number of amides is 1. The normalized spacial score (nSPS) is 22.1. The molecule has 0 aromatic heterocycles. The Morgan fingerprint density at radius 2 is 2.42 bits per heavy atom. The molecule has 0 spiro atoms. The van der Waals surface area contributed by atoms with Crippen molar-refractivity contribution >= 4 is 17.5 Å². The first-order chi connectivity index (χ1) is 9.06. The van der Waals surface area contributed by atoms with Gasteiger partial charge in [-0.05, 0) is 17.7 Å². The van der Waals surface area contributed by atoms with E-state index in [1.165, 1.54) is 0 Å². The number of hydrogen-bond acceptors (Lipinski definition) is 4. The number of benzene rings is 1. The summed E-state index contributed by atoms with van der Waals surface area (Å²) in [6.07, 6.45) is -1.24. The van der Waals surface area contributed by atoms with Crippen LogP contribution >= 0.6 is 11.6 Å². The number of morpholine rings is 1. The molecule has 19 heavy (non-hydrogen) atoms. The number of nitrogens with zero attached hydrogens (tertiary/aromatic N) is 1. The third kappa shape index (κ3) is 3.91. The van der Waals surface area contributed by atoms with Crippen LogP contribution in [0.5, 0.6) is 0 Å². The van der Waals surface area contributed by atoms with Gasteiger partial charge in [0.05, 0.1) is 12.7 Å². The molecule has 2 unspecified atom stereocenters. The average Bonchev–Trinajstić information content (AvgIpc) is 2.39. The highest BCUT2D eigenvalue weighted by Gasteiger charge is 2.26. The van der Waals surface area contributed by atoms with Crippen LogP contribution in [0.15, 0.2) is 24.3 Å². The topological polar surface area (TPSA) is 75.8 Å². The van der Waals surface area contributed by atoms with Crippen LogP contribution < -0.4 is 5.73 Å². The predicted octanol–water partition coefficient (Wildman–Crippen LogP) is 0.560. The summed E-state index contributed by atoms with van der Waals surface area (Å²) in [5.41, 5.74) is 5.98. The van der Waals surface area contributed by atoms with E-state index in [0.29, 0.717) is 31.3 Å². The number of carbonyl (C=O) groups excluding carboxylic acids is 1. The molecular formula is C13H17ClN2O3. The van der Waals surface area contributed by atoms with Gasteiger partial charge in [-0.1, -0.05) is 23.7 Å². The molecule has 0 saturated carbocycles. The van der Waals surface area contributed by atoms with E-state index >= 15 is 0 Å². The number of halogens is 1. The first-order valence-corrected chi connectivity index (χ1v) is 6.51. The lowest BCUT2D eigenvalue weighted by Gasteiger charge is -2.32. The zero-order valence-corrected chi connectivity index (χ0v) is 11.2. The Balaban J connectivity index is 1.95. The van der Waals surface area contributed by atoms with E-state index in [0.717, 1.165) is 5.56 Å². The summed E-state index contributed by atoms with van der Waals surface area (Å²) < 4.78 is 5.26. The summed E-state index contributed by atoms with van der Waals surface area (Å²) in [6.45, 7) is 1.94. The minimum absolute atomic E-state index is 0.410. The van der Waals surface area contributed by atoms with Crippen LogP contribution in [0.25, 0.3) is 0 Å². The van der Waals surface area contributed by atoms with Crippen LogP contribution in [0.1, 0.15) is 11.7 Å². The van der Waals surface area contributed by atoms with E-state index in [4.69, 9.17) is 22.1 Å². The fourth-order valence-electron chi connectivity index (χ4n) is 2.10. The third-order valence-electron chi connectivity index (χ3n) is 3.13. The molecule has 104 valence electrons.